The summed E-state index contributed by atoms with van der Waals surface area (Å²) >= 11 is 2.34. The highest BCUT2D eigenvalue weighted by atomic mass is 127. The van der Waals surface area contributed by atoms with Gasteiger partial charge in [-0.2, -0.15) is 0 Å². The van der Waals surface area contributed by atoms with Crippen LogP contribution in [0.5, 0.6) is 0 Å². The molecule has 16 heavy (non-hydrogen) atoms. The molecule has 0 aromatic heterocycles. The van der Waals surface area contributed by atoms with Gasteiger partial charge in [-0.25, -0.2) is 0 Å². The molecule has 0 aliphatic rings. The first-order valence-electron chi connectivity index (χ1n) is 5.13. The minimum Gasteiger partial charge on any atom is -0.274 e. The highest BCUT2D eigenvalue weighted by Gasteiger charge is 2.01. The van der Waals surface area contributed by atoms with Crippen LogP contribution in [0.2, 0.25) is 0 Å². The van der Waals surface area contributed by atoms with Crippen LogP contribution in [-0.4, -0.2) is 6.21 Å². The zero-order valence-corrected chi connectivity index (χ0v) is 10.9. The Kier molecular flexibility index (Phi) is 4.10. The summed E-state index contributed by atoms with van der Waals surface area (Å²) in [4.78, 5) is 4.53. The summed E-state index contributed by atoms with van der Waals surface area (Å²) in [5, 5.41) is 0. The first kappa shape index (κ1) is 11.3. The largest absolute Gasteiger partial charge is 0.274 e. The monoisotopic (exact) mass is 321 g/mol. The van der Waals surface area contributed by atoms with Crippen LogP contribution in [0.4, 0.5) is 0 Å². The van der Waals surface area contributed by atoms with E-state index in [1.54, 1.807) is 0 Å². The highest BCUT2D eigenvalue weighted by molar-refractivity contribution is 14.1. The van der Waals surface area contributed by atoms with E-state index >= 15 is 0 Å². The maximum atomic E-state index is 4.53. The number of halogens is 1. The Hall–Kier alpha value is -1.16. The summed E-state index contributed by atoms with van der Waals surface area (Å²) in [5.41, 5.74) is 2.37. The van der Waals surface area contributed by atoms with Gasteiger partial charge in [0.1, 0.15) is 4.05 Å². The van der Waals surface area contributed by atoms with Crippen LogP contribution in [0.3, 0.4) is 0 Å². The van der Waals surface area contributed by atoms with Gasteiger partial charge in [0.2, 0.25) is 0 Å². The minimum atomic E-state index is 0.180. The van der Waals surface area contributed by atoms with Gasteiger partial charge in [-0.05, 0) is 11.1 Å². The van der Waals surface area contributed by atoms with Gasteiger partial charge in [-0.1, -0.05) is 83.3 Å². The predicted molar refractivity (Wildman–Crippen MR) is 77.2 cm³/mol. The van der Waals surface area contributed by atoms with Crippen molar-refractivity contribution >= 4 is 28.8 Å². The fraction of sp³-hybridized carbons (Fsp3) is 0.0714. The second-order valence-corrected chi connectivity index (χ2v) is 4.62. The Labute approximate surface area is 109 Å². The van der Waals surface area contributed by atoms with Gasteiger partial charge < -0.3 is 0 Å². The number of hydrogen-bond acceptors (Lipinski definition) is 1. The predicted octanol–water partition coefficient (Wildman–Crippen LogP) is 4.24. The smallest absolute Gasteiger partial charge is 0.126 e. The second-order valence-electron chi connectivity index (χ2n) is 3.44. The number of nitrogens with zero attached hydrogens (tertiary/aromatic N) is 1. The van der Waals surface area contributed by atoms with Crippen LogP contribution in [0, 0.1) is 0 Å². The Morgan fingerprint density at radius 1 is 0.875 bits per heavy atom. The Morgan fingerprint density at radius 2 is 1.44 bits per heavy atom. The molecule has 2 aromatic carbocycles. The van der Waals surface area contributed by atoms with E-state index in [-0.39, 0.29) is 4.05 Å². The van der Waals surface area contributed by atoms with Gasteiger partial charge in [0.05, 0.1) is 0 Å². The zero-order chi connectivity index (χ0) is 11.2. The van der Waals surface area contributed by atoms with E-state index in [9.17, 15) is 0 Å². The molecule has 1 unspecified atom stereocenters. The van der Waals surface area contributed by atoms with Crippen molar-refractivity contribution < 1.29 is 0 Å². The van der Waals surface area contributed by atoms with E-state index < -0.39 is 0 Å². The summed E-state index contributed by atoms with van der Waals surface area (Å²) in [7, 11) is 0. The molecule has 0 aliphatic carbocycles. The molecule has 0 aliphatic heterocycles. The van der Waals surface area contributed by atoms with Crippen molar-refractivity contribution in [2.75, 3.05) is 0 Å². The topological polar surface area (TPSA) is 12.4 Å². The van der Waals surface area contributed by atoms with Gasteiger partial charge >= 0.3 is 0 Å². The Morgan fingerprint density at radius 3 is 2.06 bits per heavy atom. The van der Waals surface area contributed by atoms with E-state index in [0.717, 1.165) is 5.56 Å². The minimum absolute atomic E-state index is 0.180. The molecular weight excluding hydrogens is 309 g/mol. The van der Waals surface area contributed by atoms with Gasteiger partial charge in [-0.15, -0.1) is 0 Å². The van der Waals surface area contributed by atoms with E-state index in [2.05, 4.69) is 51.8 Å². The van der Waals surface area contributed by atoms with E-state index in [1.807, 2.05) is 42.6 Å². The molecular formula is C14H12IN. The number of benzene rings is 2. The molecule has 2 rings (SSSR count). The van der Waals surface area contributed by atoms with Crippen molar-refractivity contribution in [2.24, 2.45) is 4.99 Å². The SMILES string of the molecule is IC(N=Cc1ccccc1)c1ccccc1. The van der Waals surface area contributed by atoms with Gasteiger partial charge in [-0.3, -0.25) is 4.99 Å². The quantitative estimate of drug-likeness (QED) is 0.347. The van der Waals surface area contributed by atoms with E-state index in [4.69, 9.17) is 0 Å². The molecule has 80 valence electrons. The molecule has 0 saturated carbocycles. The molecule has 1 atom stereocenters. The van der Waals surface area contributed by atoms with Crippen LogP contribution in [0.15, 0.2) is 65.7 Å². The van der Waals surface area contributed by atoms with Crippen LogP contribution >= 0.6 is 22.6 Å². The molecule has 2 heteroatoms. The number of alkyl halides is 1. The van der Waals surface area contributed by atoms with Crippen molar-refractivity contribution in [3.63, 3.8) is 0 Å². The van der Waals surface area contributed by atoms with Crippen molar-refractivity contribution in [2.45, 2.75) is 4.05 Å². The third-order valence-corrected chi connectivity index (χ3v) is 3.27. The van der Waals surface area contributed by atoms with Gasteiger partial charge in [0.25, 0.3) is 0 Å². The molecule has 0 saturated heterocycles. The lowest BCUT2D eigenvalue weighted by Crippen LogP contribution is -1.87. The molecule has 0 bridgehead atoms. The number of aliphatic imine (C=N–C) groups is 1. The average Bonchev–Trinajstić information content (AvgIpc) is 2.38. The van der Waals surface area contributed by atoms with Crippen LogP contribution in [-0.2, 0) is 0 Å². The van der Waals surface area contributed by atoms with Crippen molar-refractivity contribution in [3.05, 3.63) is 71.8 Å². The Bertz CT molecular complexity index is 451. The summed E-state index contributed by atoms with van der Waals surface area (Å²) in [6, 6.07) is 20.5. The van der Waals surface area contributed by atoms with Gasteiger partial charge in [0.15, 0.2) is 0 Å². The molecule has 0 amide bonds. The summed E-state index contributed by atoms with van der Waals surface area (Å²) in [6.45, 7) is 0. The van der Waals surface area contributed by atoms with Crippen LogP contribution in [0.25, 0.3) is 0 Å². The molecule has 0 fully saturated rings. The summed E-state index contributed by atoms with van der Waals surface area (Å²) in [6.07, 6.45) is 1.92. The third kappa shape index (κ3) is 3.17. The van der Waals surface area contributed by atoms with E-state index in [0.29, 0.717) is 0 Å². The third-order valence-electron chi connectivity index (χ3n) is 2.23. The number of rotatable bonds is 3. The maximum absolute atomic E-state index is 4.53. The first-order valence-corrected chi connectivity index (χ1v) is 6.38. The molecule has 0 spiro atoms. The summed E-state index contributed by atoms with van der Waals surface area (Å²) < 4.78 is 0.180. The summed E-state index contributed by atoms with van der Waals surface area (Å²) in [5.74, 6) is 0. The fourth-order valence-electron chi connectivity index (χ4n) is 1.39. The zero-order valence-electron chi connectivity index (χ0n) is 8.75. The fourth-order valence-corrected chi connectivity index (χ4v) is 1.96. The molecule has 0 radical (unpaired) electrons. The highest BCUT2D eigenvalue weighted by Crippen LogP contribution is 2.23. The lowest BCUT2D eigenvalue weighted by atomic mass is 10.2. The van der Waals surface area contributed by atoms with Gasteiger partial charge in [0, 0.05) is 6.21 Å². The van der Waals surface area contributed by atoms with Crippen LogP contribution in [0.1, 0.15) is 15.2 Å². The molecule has 0 N–H and O–H groups in total. The normalized spacial score (nSPS) is 12.8. The van der Waals surface area contributed by atoms with Crippen molar-refractivity contribution in [1.29, 1.82) is 0 Å². The average molecular weight is 321 g/mol. The lowest BCUT2D eigenvalue weighted by Gasteiger charge is -2.03. The van der Waals surface area contributed by atoms with Crippen LogP contribution < -0.4 is 0 Å². The maximum Gasteiger partial charge on any atom is 0.126 e. The van der Waals surface area contributed by atoms with E-state index in [1.165, 1.54) is 5.56 Å². The standard InChI is InChI=1S/C14H12IN/c15-14(13-9-5-2-6-10-13)16-11-12-7-3-1-4-8-12/h1-11,14H. The second kappa shape index (κ2) is 5.80. The molecule has 0 heterocycles. The van der Waals surface area contributed by atoms with Crippen molar-refractivity contribution in [1.82, 2.24) is 0 Å². The molecule has 2 aromatic rings. The number of hydrogen-bond donors (Lipinski definition) is 0. The first-order chi connectivity index (χ1) is 7.86. The lowest BCUT2D eigenvalue weighted by molar-refractivity contribution is 1.08. The molecule has 1 nitrogen and oxygen atoms in total. The van der Waals surface area contributed by atoms with Crippen molar-refractivity contribution in [3.8, 4) is 0 Å². The Balaban J connectivity index is 2.08.